The molecule has 7 heteroatoms. The van der Waals surface area contributed by atoms with Crippen molar-refractivity contribution in [2.24, 2.45) is 5.73 Å². The molecule has 0 saturated heterocycles. The first-order valence-corrected chi connectivity index (χ1v) is 6.44. The molecule has 1 heterocycles. The fourth-order valence-electron chi connectivity index (χ4n) is 0.938. The molecule has 0 aliphatic carbocycles. The van der Waals surface area contributed by atoms with Crippen molar-refractivity contribution in [1.82, 2.24) is 4.31 Å². The van der Waals surface area contributed by atoms with Crippen molar-refractivity contribution in [2.75, 3.05) is 14.1 Å². The zero-order chi connectivity index (χ0) is 10.9. The Hall–Kier alpha value is -0.140. The Balaban J connectivity index is 3.32. The van der Waals surface area contributed by atoms with Crippen LogP contribution in [0.3, 0.4) is 0 Å². The SMILES string of the molecule is CN(C)S(=O)(=O)c1cc(Cl)sc1CN. The summed E-state index contributed by atoms with van der Waals surface area (Å²) in [6.45, 7) is 0.180. The van der Waals surface area contributed by atoms with Crippen LogP contribution < -0.4 is 5.73 Å². The van der Waals surface area contributed by atoms with Crippen molar-refractivity contribution < 1.29 is 8.42 Å². The van der Waals surface area contributed by atoms with Gasteiger partial charge in [-0.1, -0.05) is 11.6 Å². The summed E-state index contributed by atoms with van der Waals surface area (Å²) in [5.74, 6) is 0. The second-order valence-electron chi connectivity index (χ2n) is 2.83. The molecule has 80 valence electrons. The molecule has 0 aromatic carbocycles. The van der Waals surface area contributed by atoms with E-state index in [0.29, 0.717) is 9.21 Å². The fourth-order valence-corrected chi connectivity index (χ4v) is 3.59. The van der Waals surface area contributed by atoms with Gasteiger partial charge in [-0.15, -0.1) is 11.3 Å². The predicted octanol–water partition coefficient (Wildman–Crippen LogP) is 1.11. The van der Waals surface area contributed by atoms with E-state index in [-0.39, 0.29) is 11.4 Å². The first-order valence-electron chi connectivity index (χ1n) is 3.80. The van der Waals surface area contributed by atoms with Gasteiger partial charge in [0.15, 0.2) is 0 Å². The van der Waals surface area contributed by atoms with Gasteiger partial charge in [-0.25, -0.2) is 12.7 Å². The molecule has 0 fully saturated rings. The molecule has 0 aliphatic rings. The highest BCUT2D eigenvalue weighted by Crippen LogP contribution is 2.30. The number of nitrogens with zero attached hydrogens (tertiary/aromatic N) is 1. The molecule has 4 nitrogen and oxygen atoms in total. The fraction of sp³-hybridized carbons (Fsp3) is 0.429. The van der Waals surface area contributed by atoms with Crippen molar-refractivity contribution >= 4 is 33.0 Å². The molecule has 0 saturated carbocycles. The average Bonchev–Trinajstić information content (AvgIpc) is 2.46. The topological polar surface area (TPSA) is 63.4 Å². The summed E-state index contributed by atoms with van der Waals surface area (Å²) in [7, 11) is -0.473. The summed E-state index contributed by atoms with van der Waals surface area (Å²) in [5, 5.41) is 0. The minimum Gasteiger partial charge on any atom is -0.326 e. The lowest BCUT2D eigenvalue weighted by Crippen LogP contribution is -2.23. The van der Waals surface area contributed by atoms with Gasteiger partial charge in [0.25, 0.3) is 0 Å². The van der Waals surface area contributed by atoms with E-state index in [2.05, 4.69) is 0 Å². The molecule has 1 aromatic heterocycles. The summed E-state index contributed by atoms with van der Waals surface area (Å²) in [4.78, 5) is 0.795. The van der Waals surface area contributed by atoms with Crippen LogP contribution >= 0.6 is 22.9 Å². The number of hydrogen-bond donors (Lipinski definition) is 1. The Bertz CT molecular complexity index is 425. The third-order valence-corrected chi connectivity index (χ3v) is 4.98. The van der Waals surface area contributed by atoms with Crippen LogP contribution in [0.15, 0.2) is 11.0 Å². The Labute approximate surface area is 92.3 Å². The summed E-state index contributed by atoms with van der Waals surface area (Å²) < 4.78 is 25.1. The van der Waals surface area contributed by atoms with Gasteiger partial charge in [0.2, 0.25) is 10.0 Å². The molecule has 0 spiro atoms. The summed E-state index contributed by atoms with van der Waals surface area (Å²) in [6.07, 6.45) is 0. The number of halogens is 1. The number of thiophene rings is 1. The van der Waals surface area contributed by atoms with Gasteiger partial charge in [-0.2, -0.15) is 0 Å². The van der Waals surface area contributed by atoms with Gasteiger partial charge in [-0.05, 0) is 6.07 Å². The maximum Gasteiger partial charge on any atom is 0.243 e. The van der Waals surface area contributed by atoms with Crippen molar-refractivity contribution in [3.63, 3.8) is 0 Å². The lowest BCUT2D eigenvalue weighted by atomic mass is 10.5. The molecular formula is C7H11ClN2O2S2. The molecule has 1 rings (SSSR count). The van der Waals surface area contributed by atoms with Gasteiger partial charge in [-0.3, -0.25) is 0 Å². The van der Waals surface area contributed by atoms with Crippen molar-refractivity contribution in [2.45, 2.75) is 11.4 Å². The van der Waals surface area contributed by atoms with Gasteiger partial charge in [0.05, 0.1) is 9.23 Å². The number of nitrogens with two attached hydrogens (primary N) is 1. The van der Waals surface area contributed by atoms with Crippen LogP contribution in [-0.4, -0.2) is 26.8 Å². The monoisotopic (exact) mass is 254 g/mol. The number of hydrogen-bond acceptors (Lipinski definition) is 4. The third-order valence-electron chi connectivity index (χ3n) is 1.68. The Morgan fingerprint density at radius 2 is 2.14 bits per heavy atom. The highest BCUT2D eigenvalue weighted by atomic mass is 35.5. The standard InChI is InChI=1S/C7H11ClN2O2S2/c1-10(2)14(11,12)6-3-7(8)13-5(6)4-9/h3H,4,9H2,1-2H3. The molecule has 0 radical (unpaired) electrons. The minimum absolute atomic E-state index is 0.180. The second kappa shape index (κ2) is 4.16. The van der Waals surface area contributed by atoms with E-state index in [9.17, 15) is 8.42 Å². The lowest BCUT2D eigenvalue weighted by Gasteiger charge is -2.10. The Morgan fingerprint density at radius 3 is 2.57 bits per heavy atom. The van der Waals surface area contributed by atoms with Crippen LogP contribution in [-0.2, 0) is 16.6 Å². The van der Waals surface area contributed by atoms with Crippen LogP contribution in [0.4, 0.5) is 0 Å². The number of sulfonamides is 1. The molecular weight excluding hydrogens is 244 g/mol. The molecule has 0 bridgehead atoms. The van der Waals surface area contributed by atoms with Gasteiger partial charge in [0, 0.05) is 25.5 Å². The van der Waals surface area contributed by atoms with E-state index in [0.717, 1.165) is 4.31 Å². The second-order valence-corrected chi connectivity index (χ2v) is 6.72. The summed E-state index contributed by atoms with van der Waals surface area (Å²) >= 11 is 6.93. The first kappa shape index (κ1) is 11.9. The highest BCUT2D eigenvalue weighted by Gasteiger charge is 2.23. The Kier molecular flexibility index (Phi) is 3.54. The van der Waals surface area contributed by atoms with Gasteiger partial charge in [0.1, 0.15) is 0 Å². The molecule has 0 unspecified atom stereocenters. The van der Waals surface area contributed by atoms with Crippen molar-refractivity contribution in [3.05, 3.63) is 15.3 Å². The van der Waals surface area contributed by atoms with Gasteiger partial charge >= 0.3 is 0 Å². The molecule has 1 aromatic rings. The number of rotatable bonds is 3. The van der Waals surface area contributed by atoms with Crippen LogP contribution in [0.1, 0.15) is 4.88 Å². The van der Waals surface area contributed by atoms with Crippen LogP contribution in [0.25, 0.3) is 0 Å². The lowest BCUT2D eigenvalue weighted by molar-refractivity contribution is 0.520. The Morgan fingerprint density at radius 1 is 1.57 bits per heavy atom. The van der Waals surface area contributed by atoms with E-state index in [4.69, 9.17) is 17.3 Å². The first-order chi connectivity index (χ1) is 6.39. The van der Waals surface area contributed by atoms with E-state index in [1.165, 1.54) is 31.5 Å². The molecule has 0 atom stereocenters. The maximum absolute atomic E-state index is 11.7. The van der Waals surface area contributed by atoms with Crippen molar-refractivity contribution in [1.29, 1.82) is 0 Å². The summed E-state index contributed by atoms with van der Waals surface area (Å²) in [6, 6.07) is 1.43. The smallest absolute Gasteiger partial charge is 0.243 e. The van der Waals surface area contributed by atoms with Crippen LogP contribution in [0.2, 0.25) is 4.34 Å². The molecule has 0 amide bonds. The predicted molar refractivity (Wildman–Crippen MR) is 58.1 cm³/mol. The molecule has 0 aliphatic heterocycles. The normalized spacial score (nSPS) is 12.4. The van der Waals surface area contributed by atoms with E-state index in [1.807, 2.05) is 0 Å². The third kappa shape index (κ3) is 2.09. The van der Waals surface area contributed by atoms with Crippen LogP contribution in [0, 0.1) is 0 Å². The highest BCUT2D eigenvalue weighted by molar-refractivity contribution is 7.89. The molecule has 14 heavy (non-hydrogen) atoms. The van der Waals surface area contributed by atoms with Crippen molar-refractivity contribution in [3.8, 4) is 0 Å². The van der Waals surface area contributed by atoms with Crippen LogP contribution in [0.5, 0.6) is 0 Å². The van der Waals surface area contributed by atoms with E-state index < -0.39 is 10.0 Å². The quantitative estimate of drug-likeness (QED) is 0.879. The van der Waals surface area contributed by atoms with E-state index in [1.54, 1.807) is 0 Å². The maximum atomic E-state index is 11.7. The average molecular weight is 255 g/mol. The largest absolute Gasteiger partial charge is 0.326 e. The molecule has 2 N–H and O–H groups in total. The summed E-state index contributed by atoms with van der Waals surface area (Å²) in [5.41, 5.74) is 5.43. The van der Waals surface area contributed by atoms with Gasteiger partial charge < -0.3 is 5.73 Å². The zero-order valence-corrected chi connectivity index (χ0v) is 10.2. The minimum atomic E-state index is -3.42. The zero-order valence-electron chi connectivity index (χ0n) is 7.82. The van der Waals surface area contributed by atoms with E-state index >= 15 is 0 Å².